The van der Waals surface area contributed by atoms with Crippen LogP contribution in [-0.2, 0) is 0 Å². The van der Waals surface area contributed by atoms with Gasteiger partial charge in [-0.15, -0.1) is 0 Å². The summed E-state index contributed by atoms with van der Waals surface area (Å²) in [4.78, 5) is 25.5. The van der Waals surface area contributed by atoms with Gasteiger partial charge in [-0.2, -0.15) is 5.10 Å². The average molecular weight is 369 g/mol. The number of nitrogens with zero attached hydrogens (tertiary/aromatic N) is 4. The Labute approximate surface area is 159 Å². The van der Waals surface area contributed by atoms with Crippen LogP contribution in [-0.4, -0.2) is 51.4 Å². The van der Waals surface area contributed by atoms with Gasteiger partial charge in [0, 0.05) is 19.6 Å². The van der Waals surface area contributed by atoms with Gasteiger partial charge in [-0.25, -0.2) is 19.5 Å². The number of hydrogen-bond donors (Lipinski definition) is 1. The van der Waals surface area contributed by atoms with E-state index in [4.69, 9.17) is 0 Å². The van der Waals surface area contributed by atoms with E-state index in [1.807, 2.05) is 37.3 Å². The van der Waals surface area contributed by atoms with Crippen molar-refractivity contribution in [2.45, 2.75) is 39.5 Å². The van der Waals surface area contributed by atoms with Gasteiger partial charge in [-0.05, 0) is 31.9 Å². The Morgan fingerprint density at radius 2 is 1.85 bits per heavy atom. The average Bonchev–Trinajstić information content (AvgIpc) is 3.32. The van der Waals surface area contributed by atoms with Crippen LogP contribution in [0.5, 0.6) is 0 Å². The number of nitrogens with one attached hydrogen (secondary N) is 1. The Balaban J connectivity index is 1.71. The number of hydrogen-bond acceptors (Lipinski definition) is 3. The van der Waals surface area contributed by atoms with Crippen molar-refractivity contribution in [1.29, 1.82) is 0 Å². The monoisotopic (exact) mass is 369 g/mol. The van der Waals surface area contributed by atoms with Gasteiger partial charge in [0.1, 0.15) is 0 Å². The summed E-state index contributed by atoms with van der Waals surface area (Å²) >= 11 is 0. The van der Waals surface area contributed by atoms with Crippen LogP contribution in [0.25, 0.3) is 5.69 Å². The molecule has 0 saturated carbocycles. The summed E-state index contributed by atoms with van der Waals surface area (Å²) in [6, 6.07) is 9.49. The van der Waals surface area contributed by atoms with E-state index in [9.17, 15) is 9.59 Å². The second-order valence-electron chi connectivity index (χ2n) is 6.74. The SMILES string of the molecule is CCCCCNC(=O)N1CCCN1C(=O)c1cnn(-c2ccccc2)c1C. The van der Waals surface area contributed by atoms with Crippen LogP contribution in [0, 0.1) is 6.92 Å². The number of aromatic nitrogens is 2. The molecule has 0 spiro atoms. The summed E-state index contributed by atoms with van der Waals surface area (Å²) in [7, 11) is 0. The van der Waals surface area contributed by atoms with Gasteiger partial charge in [-0.3, -0.25) is 4.79 Å². The van der Waals surface area contributed by atoms with Crippen molar-refractivity contribution in [3.8, 4) is 5.69 Å². The van der Waals surface area contributed by atoms with E-state index < -0.39 is 0 Å². The third-order valence-corrected chi connectivity index (χ3v) is 4.80. The van der Waals surface area contributed by atoms with Gasteiger partial charge in [0.2, 0.25) is 0 Å². The number of amides is 3. The van der Waals surface area contributed by atoms with Crippen LogP contribution < -0.4 is 5.32 Å². The zero-order chi connectivity index (χ0) is 19.2. The van der Waals surface area contributed by atoms with Crippen molar-refractivity contribution in [2.75, 3.05) is 19.6 Å². The Bertz CT molecular complexity index is 787. The number of para-hydroxylation sites is 1. The molecule has 7 heteroatoms. The Morgan fingerprint density at radius 1 is 1.11 bits per heavy atom. The number of carbonyl (C=O) groups is 2. The first kappa shape index (κ1) is 18.9. The molecule has 1 aromatic carbocycles. The summed E-state index contributed by atoms with van der Waals surface area (Å²) in [5, 5.41) is 10.3. The fourth-order valence-electron chi connectivity index (χ4n) is 3.28. The summed E-state index contributed by atoms with van der Waals surface area (Å²) < 4.78 is 1.75. The van der Waals surface area contributed by atoms with Crippen molar-refractivity contribution in [3.63, 3.8) is 0 Å². The quantitative estimate of drug-likeness (QED) is 0.795. The number of urea groups is 1. The van der Waals surface area contributed by atoms with Gasteiger partial charge in [0.15, 0.2) is 0 Å². The first-order valence-electron chi connectivity index (χ1n) is 9.60. The number of hydrazine groups is 1. The molecule has 1 aliphatic rings. The van der Waals surface area contributed by atoms with Crippen LogP contribution in [0.3, 0.4) is 0 Å². The second kappa shape index (κ2) is 8.70. The summed E-state index contributed by atoms with van der Waals surface area (Å²) in [5.41, 5.74) is 2.19. The minimum Gasteiger partial charge on any atom is -0.337 e. The van der Waals surface area contributed by atoms with Crippen LogP contribution >= 0.6 is 0 Å². The summed E-state index contributed by atoms with van der Waals surface area (Å²) in [5.74, 6) is -0.184. The van der Waals surface area contributed by atoms with Crippen LogP contribution in [0.15, 0.2) is 36.5 Å². The molecule has 1 N–H and O–H groups in total. The molecule has 1 aliphatic heterocycles. The predicted octanol–water partition coefficient (Wildman–Crippen LogP) is 3.14. The first-order valence-corrected chi connectivity index (χ1v) is 9.60. The zero-order valence-corrected chi connectivity index (χ0v) is 16.0. The van der Waals surface area contributed by atoms with Gasteiger partial charge >= 0.3 is 6.03 Å². The van der Waals surface area contributed by atoms with E-state index >= 15 is 0 Å². The molecular weight excluding hydrogens is 342 g/mol. The maximum atomic E-state index is 13.1. The molecule has 0 atom stereocenters. The highest BCUT2D eigenvalue weighted by Gasteiger charge is 2.32. The highest BCUT2D eigenvalue weighted by atomic mass is 16.2. The lowest BCUT2D eigenvalue weighted by atomic mass is 10.2. The minimum absolute atomic E-state index is 0.184. The van der Waals surface area contributed by atoms with Crippen molar-refractivity contribution in [3.05, 3.63) is 47.8 Å². The zero-order valence-electron chi connectivity index (χ0n) is 16.0. The van der Waals surface area contributed by atoms with E-state index in [1.54, 1.807) is 10.9 Å². The highest BCUT2D eigenvalue weighted by Crippen LogP contribution is 2.19. The predicted molar refractivity (Wildman–Crippen MR) is 104 cm³/mol. The molecular formula is C20H27N5O2. The first-order chi connectivity index (χ1) is 13.1. The standard InChI is InChI=1S/C20H27N5O2/c1-3-4-8-12-21-20(27)24-14-9-13-23(24)19(26)18-15-22-25(16(18)2)17-10-6-5-7-11-17/h5-7,10-11,15H,3-4,8-9,12-14H2,1-2H3,(H,21,27). The van der Waals surface area contributed by atoms with Gasteiger partial charge in [0.25, 0.3) is 5.91 Å². The molecule has 0 unspecified atom stereocenters. The van der Waals surface area contributed by atoms with Crippen LogP contribution in [0.1, 0.15) is 48.7 Å². The van der Waals surface area contributed by atoms with E-state index in [2.05, 4.69) is 17.3 Å². The fraction of sp³-hybridized carbons (Fsp3) is 0.450. The van der Waals surface area contributed by atoms with E-state index in [0.29, 0.717) is 25.2 Å². The van der Waals surface area contributed by atoms with Gasteiger partial charge < -0.3 is 5.32 Å². The molecule has 0 aliphatic carbocycles. The third kappa shape index (κ3) is 4.13. The number of benzene rings is 1. The molecule has 2 aromatic rings. The van der Waals surface area contributed by atoms with Crippen molar-refractivity contribution in [2.24, 2.45) is 0 Å². The smallest absolute Gasteiger partial charge is 0.336 e. The lowest BCUT2D eigenvalue weighted by Gasteiger charge is -2.27. The number of carbonyl (C=O) groups excluding carboxylic acids is 2. The van der Waals surface area contributed by atoms with Crippen molar-refractivity contribution >= 4 is 11.9 Å². The molecule has 1 saturated heterocycles. The highest BCUT2D eigenvalue weighted by molar-refractivity contribution is 5.96. The van der Waals surface area contributed by atoms with E-state index in [-0.39, 0.29) is 11.9 Å². The molecule has 27 heavy (non-hydrogen) atoms. The lowest BCUT2D eigenvalue weighted by Crippen LogP contribution is -2.49. The molecule has 144 valence electrons. The molecule has 3 amide bonds. The normalized spacial score (nSPS) is 13.9. The summed E-state index contributed by atoms with van der Waals surface area (Å²) in [6.07, 6.45) is 5.50. The molecule has 2 heterocycles. The maximum Gasteiger partial charge on any atom is 0.336 e. The number of rotatable bonds is 6. The molecule has 0 radical (unpaired) electrons. The van der Waals surface area contributed by atoms with E-state index in [1.165, 1.54) is 10.0 Å². The second-order valence-corrected chi connectivity index (χ2v) is 6.74. The van der Waals surface area contributed by atoms with E-state index in [0.717, 1.165) is 37.1 Å². The van der Waals surface area contributed by atoms with Crippen molar-refractivity contribution in [1.82, 2.24) is 25.1 Å². The fourth-order valence-corrected chi connectivity index (χ4v) is 3.28. The molecule has 1 fully saturated rings. The van der Waals surface area contributed by atoms with Gasteiger partial charge in [-0.1, -0.05) is 38.0 Å². The molecule has 1 aromatic heterocycles. The van der Waals surface area contributed by atoms with Gasteiger partial charge in [0.05, 0.1) is 23.1 Å². The Morgan fingerprint density at radius 3 is 2.59 bits per heavy atom. The topological polar surface area (TPSA) is 70.5 Å². The Kier molecular flexibility index (Phi) is 6.11. The minimum atomic E-state index is -0.204. The lowest BCUT2D eigenvalue weighted by molar-refractivity contribution is 0.0376. The van der Waals surface area contributed by atoms with Crippen molar-refractivity contribution < 1.29 is 9.59 Å². The largest absolute Gasteiger partial charge is 0.337 e. The molecule has 3 rings (SSSR count). The summed E-state index contributed by atoms with van der Waals surface area (Å²) in [6.45, 7) is 5.73. The maximum absolute atomic E-state index is 13.1. The number of unbranched alkanes of at least 4 members (excludes halogenated alkanes) is 2. The van der Waals surface area contributed by atoms with Crippen LogP contribution in [0.4, 0.5) is 4.79 Å². The Hall–Kier alpha value is -2.83. The third-order valence-electron chi connectivity index (χ3n) is 4.80. The van der Waals surface area contributed by atoms with Crippen LogP contribution in [0.2, 0.25) is 0 Å². The molecule has 0 bridgehead atoms. The molecule has 7 nitrogen and oxygen atoms in total.